The van der Waals surface area contributed by atoms with Gasteiger partial charge in [0.05, 0.1) is 0 Å². The molecule has 0 radical (unpaired) electrons. The molecule has 0 fully saturated rings. The fraction of sp³-hybridized carbons (Fsp3) is 0.0877. The second-order valence-electron chi connectivity index (χ2n) is 16.5. The lowest BCUT2D eigenvalue weighted by Gasteiger charge is -2.30. The number of hydrogen-bond donors (Lipinski definition) is 0. The number of fused-ring (bicyclic) bond motifs is 7. The highest BCUT2D eigenvalue weighted by Crippen LogP contribution is 2.55. The molecule has 12 aromatic rings. The average molecular weight is 723 g/mol. The van der Waals surface area contributed by atoms with Crippen LogP contribution in [0, 0.1) is 0 Å². The number of rotatable bonds is 4. The van der Waals surface area contributed by atoms with Crippen molar-refractivity contribution in [2.24, 2.45) is 0 Å². The highest BCUT2D eigenvalue weighted by Gasteiger charge is 2.41. The van der Waals surface area contributed by atoms with Crippen LogP contribution in [-0.4, -0.2) is 0 Å². The molecule has 0 saturated carbocycles. The molecule has 0 unspecified atom stereocenters. The summed E-state index contributed by atoms with van der Waals surface area (Å²) in [7, 11) is 0. The summed E-state index contributed by atoms with van der Waals surface area (Å²) >= 11 is 0. The van der Waals surface area contributed by atoms with Crippen LogP contribution in [0.15, 0.2) is 170 Å². The van der Waals surface area contributed by atoms with Crippen molar-refractivity contribution in [1.29, 1.82) is 0 Å². The first-order chi connectivity index (χ1) is 28.2. The van der Waals surface area contributed by atoms with Crippen LogP contribution >= 0.6 is 0 Å². The Balaban J connectivity index is 0.993. The van der Waals surface area contributed by atoms with Crippen molar-refractivity contribution in [2.75, 3.05) is 0 Å². The SMILES string of the molecule is CCC1(CC)c2cc(-c3ccc4c5cccc6cccc(c7cccc3c74)c65)ccc2-c2ccc(-c3ccc4c5cccc6cccc(c7cccc3c74)c65)cc21. The lowest BCUT2D eigenvalue weighted by Crippen LogP contribution is -2.23. The highest BCUT2D eigenvalue weighted by molar-refractivity contribution is 6.35. The third-order valence-electron chi connectivity index (χ3n) is 14.2. The van der Waals surface area contributed by atoms with Crippen LogP contribution in [0.3, 0.4) is 0 Å². The predicted molar refractivity (Wildman–Crippen MR) is 247 cm³/mol. The summed E-state index contributed by atoms with van der Waals surface area (Å²) in [5, 5.41) is 21.5. The molecular weight excluding hydrogens is 685 g/mol. The normalized spacial score (nSPS) is 13.7. The molecule has 57 heavy (non-hydrogen) atoms. The molecule has 0 amide bonds. The van der Waals surface area contributed by atoms with Crippen molar-refractivity contribution in [3.63, 3.8) is 0 Å². The molecule has 0 saturated heterocycles. The Kier molecular flexibility index (Phi) is 6.17. The zero-order chi connectivity index (χ0) is 37.6. The van der Waals surface area contributed by atoms with Crippen LogP contribution in [0.5, 0.6) is 0 Å². The molecule has 1 aliphatic carbocycles. The molecule has 0 nitrogen and oxygen atoms in total. The largest absolute Gasteiger partial charge is 0.0642 e. The molecule has 0 spiro atoms. The second-order valence-corrected chi connectivity index (χ2v) is 16.5. The van der Waals surface area contributed by atoms with Gasteiger partial charge in [-0.15, -0.1) is 0 Å². The van der Waals surface area contributed by atoms with Gasteiger partial charge in [0.15, 0.2) is 0 Å². The van der Waals surface area contributed by atoms with E-state index >= 15 is 0 Å². The number of benzene rings is 12. The summed E-state index contributed by atoms with van der Waals surface area (Å²) in [6, 6.07) is 65.1. The molecule has 0 aliphatic heterocycles. The average Bonchev–Trinajstić information content (AvgIpc) is 3.55. The van der Waals surface area contributed by atoms with E-state index in [0.29, 0.717) is 0 Å². The van der Waals surface area contributed by atoms with E-state index < -0.39 is 0 Å². The smallest absolute Gasteiger partial charge is 0.0210 e. The predicted octanol–water partition coefficient (Wildman–Crippen LogP) is 16.2. The van der Waals surface area contributed by atoms with Crippen LogP contribution < -0.4 is 0 Å². The highest BCUT2D eigenvalue weighted by atomic mass is 14.4. The molecule has 0 heteroatoms. The van der Waals surface area contributed by atoms with Gasteiger partial charge in [0.25, 0.3) is 0 Å². The van der Waals surface area contributed by atoms with E-state index in [0.717, 1.165) is 12.8 Å². The molecule has 0 heterocycles. The summed E-state index contributed by atoms with van der Waals surface area (Å²) in [5.41, 5.74) is 10.8. The molecule has 0 bridgehead atoms. The van der Waals surface area contributed by atoms with E-state index in [4.69, 9.17) is 0 Å². The van der Waals surface area contributed by atoms with E-state index in [-0.39, 0.29) is 5.41 Å². The lowest BCUT2D eigenvalue weighted by molar-refractivity contribution is 0.491. The quantitative estimate of drug-likeness (QED) is 0.125. The van der Waals surface area contributed by atoms with E-state index in [1.807, 2.05) is 0 Å². The third kappa shape index (κ3) is 3.93. The summed E-state index contributed by atoms with van der Waals surface area (Å²) < 4.78 is 0. The first kappa shape index (κ1) is 31.4. The molecular formula is C57H38. The molecule has 266 valence electrons. The molecule has 0 atom stereocenters. The Morgan fingerprint density at radius 1 is 0.298 bits per heavy atom. The Morgan fingerprint density at radius 2 is 0.614 bits per heavy atom. The monoisotopic (exact) mass is 722 g/mol. The minimum Gasteiger partial charge on any atom is -0.0642 e. The van der Waals surface area contributed by atoms with E-state index in [9.17, 15) is 0 Å². The van der Waals surface area contributed by atoms with E-state index in [2.05, 4.69) is 184 Å². The molecule has 13 rings (SSSR count). The zero-order valence-electron chi connectivity index (χ0n) is 32.1. The van der Waals surface area contributed by atoms with Crippen molar-refractivity contribution in [3.8, 4) is 33.4 Å². The van der Waals surface area contributed by atoms with Gasteiger partial charge in [0, 0.05) is 5.41 Å². The van der Waals surface area contributed by atoms with Gasteiger partial charge in [-0.3, -0.25) is 0 Å². The van der Waals surface area contributed by atoms with Crippen molar-refractivity contribution in [1.82, 2.24) is 0 Å². The van der Waals surface area contributed by atoms with Gasteiger partial charge in [-0.2, -0.15) is 0 Å². The van der Waals surface area contributed by atoms with Crippen LogP contribution in [0.1, 0.15) is 37.8 Å². The lowest BCUT2D eigenvalue weighted by atomic mass is 9.73. The first-order valence-electron chi connectivity index (χ1n) is 20.6. The fourth-order valence-electron chi connectivity index (χ4n) is 11.6. The van der Waals surface area contributed by atoms with Crippen molar-refractivity contribution in [2.45, 2.75) is 32.1 Å². The Bertz CT molecular complexity index is 3310. The van der Waals surface area contributed by atoms with Crippen molar-refractivity contribution < 1.29 is 0 Å². The molecule has 1 aliphatic rings. The summed E-state index contributed by atoms with van der Waals surface area (Å²) in [6.07, 6.45) is 2.09. The van der Waals surface area contributed by atoms with Gasteiger partial charge in [0.2, 0.25) is 0 Å². The van der Waals surface area contributed by atoms with E-state index in [1.54, 1.807) is 0 Å². The minimum atomic E-state index is -0.0709. The van der Waals surface area contributed by atoms with Crippen molar-refractivity contribution in [3.05, 3.63) is 181 Å². The maximum Gasteiger partial charge on any atom is 0.0210 e. The van der Waals surface area contributed by atoms with Crippen LogP contribution in [-0.2, 0) is 5.41 Å². The maximum atomic E-state index is 2.55. The second kappa shape index (κ2) is 11.2. The van der Waals surface area contributed by atoms with Gasteiger partial charge in [-0.1, -0.05) is 172 Å². The van der Waals surface area contributed by atoms with Crippen LogP contribution in [0.2, 0.25) is 0 Å². The summed E-state index contributed by atoms with van der Waals surface area (Å²) in [4.78, 5) is 0. The summed E-state index contributed by atoms with van der Waals surface area (Å²) in [6.45, 7) is 4.78. The molecule has 0 N–H and O–H groups in total. The van der Waals surface area contributed by atoms with Crippen molar-refractivity contribution >= 4 is 86.2 Å². The van der Waals surface area contributed by atoms with Gasteiger partial charge in [-0.05, 0) is 156 Å². The topological polar surface area (TPSA) is 0 Å². The minimum absolute atomic E-state index is 0.0709. The van der Waals surface area contributed by atoms with Gasteiger partial charge in [-0.25, -0.2) is 0 Å². The summed E-state index contributed by atoms with van der Waals surface area (Å²) in [5.74, 6) is 0. The zero-order valence-corrected chi connectivity index (χ0v) is 32.1. The Hall–Kier alpha value is -6.76. The Labute approximate surface area is 331 Å². The van der Waals surface area contributed by atoms with Crippen LogP contribution in [0.25, 0.3) is 120 Å². The third-order valence-corrected chi connectivity index (χ3v) is 14.2. The molecule has 0 aromatic heterocycles. The maximum absolute atomic E-state index is 2.55. The van der Waals surface area contributed by atoms with Gasteiger partial charge < -0.3 is 0 Å². The molecule has 12 aromatic carbocycles. The van der Waals surface area contributed by atoms with Crippen LogP contribution in [0.4, 0.5) is 0 Å². The van der Waals surface area contributed by atoms with E-state index in [1.165, 1.54) is 131 Å². The first-order valence-corrected chi connectivity index (χ1v) is 20.6. The number of hydrogen-bond acceptors (Lipinski definition) is 0. The standard InChI is InChI=1S/C57H38/c1-3-57(4-2)51-31-35(37-27-29-49-45-17-7-13-33-11-5-15-43(53(33)45)47-21-9-19-41(37)55(47)49)23-25-39(51)40-26-24-36(32-52(40)57)38-28-30-50-46-18-8-14-34-12-6-16-44(54(34)46)48-22-10-20-42(38)56(48)50/h5-32H,3-4H2,1-2H3. The van der Waals surface area contributed by atoms with Gasteiger partial charge in [0.1, 0.15) is 0 Å². The fourth-order valence-corrected chi connectivity index (χ4v) is 11.6. The Morgan fingerprint density at radius 3 is 1.00 bits per heavy atom. The van der Waals surface area contributed by atoms with Gasteiger partial charge >= 0.3 is 0 Å².